The number of nitrogens with one attached hydrogen (secondary N) is 1. The highest BCUT2D eigenvalue weighted by Crippen LogP contribution is 2.36. The molecule has 0 unspecified atom stereocenters. The SMILES string of the molecule is CS(=O)(=O)N(CC(=O)NC1CCCCC1)c1ccc2c(c1)OCO2. The maximum Gasteiger partial charge on any atom is 0.240 e. The fourth-order valence-corrected chi connectivity index (χ4v) is 3.94. The van der Waals surface area contributed by atoms with Gasteiger partial charge >= 0.3 is 0 Å². The van der Waals surface area contributed by atoms with Gasteiger partial charge in [0.05, 0.1) is 11.9 Å². The van der Waals surface area contributed by atoms with Crippen LogP contribution < -0.4 is 19.1 Å². The third-order valence-corrected chi connectivity index (χ3v) is 5.44. The van der Waals surface area contributed by atoms with Gasteiger partial charge in [0.25, 0.3) is 0 Å². The highest BCUT2D eigenvalue weighted by Gasteiger charge is 2.25. The molecule has 2 aliphatic rings. The van der Waals surface area contributed by atoms with Crippen LogP contribution in [-0.4, -0.2) is 40.0 Å². The lowest BCUT2D eigenvalue weighted by Gasteiger charge is -2.26. The second-order valence-corrected chi connectivity index (χ2v) is 8.12. The molecule has 0 bridgehead atoms. The zero-order valence-electron chi connectivity index (χ0n) is 13.7. The van der Waals surface area contributed by atoms with Crippen molar-refractivity contribution in [2.24, 2.45) is 0 Å². The highest BCUT2D eigenvalue weighted by atomic mass is 32.2. The van der Waals surface area contributed by atoms with E-state index in [0.29, 0.717) is 17.2 Å². The van der Waals surface area contributed by atoms with E-state index in [2.05, 4.69) is 5.32 Å². The number of rotatable bonds is 5. The third-order valence-electron chi connectivity index (χ3n) is 4.30. The Morgan fingerprint density at radius 2 is 1.92 bits per heavy atom. The number of ether oxygens (including phenoxy) is 2. The van der Waals surface area contributed by atoms with Gasteiger partial charge in [-0.2, -0.15) is 0 Å². The molecule has 1 amide bonds. The van der Waals surface area contributed by atoms with E-state index in [1.807, 2.05) is 0 Å². The average molecular weight is 354 g/mol. The molecule has 1 aliphatic carbocycles. The Morgan fingerprint density at radius 1 is 1.21 bits per heavy atom. The summed E-state index contributed by atoms with van der Waals surface area (Å²) in [5.74, 6) is 0.762. The molecule has 24 heavy (non-hydrogen) atoms. The molecule has 0 radical (unpaired) electrons. The molecule has 0 saturated heterocycles. The van der Waals surface area contributed by atoms with Gasteiger partial charge in [-0.3, -0.25) is 9.10 Å². The molecule has 1 saturated carbocycles. The minimum atomic E-state index is -3.60. The molecular weight excluding hydrogens is 332 g/mol. The van der Waals surface area contributed by atoms with Crippen molar-refractivity contribution in [1.82, 2.24) is 5.32 Å². The van der Waals surface area contributed by atoms with E-state index < -0.39 is 10.0 Å². The van der Waals surface area contributed by atoms with Gasteiger partial charge in [0, 0.05) is 12.1 Å². The monoisotopic (exact) mass is 354 g/mol. The molecule has 0 spiro atoms. The largest absolute Gasteiger partial charge is 0.454 e. The first-order chi connectivity index (χ1) is 11.4. The van der Waals surface area contributed by atoms with Crippen LogP contribution >= 0.6 is 0 Å². The van der Waals surface area contributed by atoms with Crippen molar-refractivity contribution < 1.29 is 22.7 Å². The molecule has 1 aromatic rings. The van der Waals surface area contributed by atoms with Crippen LogP contribution in [0.4, 0.5) is 5.69 Å². The number of carbonyl (C=O) groups excluding carboxylic acids is 1. The summed E-state index contributed by atoms with van der Waals surface area (Å²) < 4.78 is 35.9. The first-order valence-corrected chi connectivity index (χ1v) is 9.95. The van der Waals surface area contributed by atoms with Crippen LogP contribution in [0, 0.1) is 0 Å². The summed E-state index contributed by atoms with van der Waals surface area (Å²) in [6.45, 7) is -0.130. The number of hydrogen-bond acceptors (Lipinski definition) is 5. The van der Waals surface area contributed by atoms with E-state index in [1.54, 1.807) is 18.2 Å². The number of benzene rings is 1. The minimum absolute atomic E-state index is 0.111. The van der Waals surface area contributed by atoms with Crippen LogP contribution in [0.3, 0.4) is 0 Å². The quantitative estimate of drug-likeness (QED) is 0.869. The molecule has 0 aromatic heterocycles. The van der Waals surface area contributed by atoms with E-state index in [4.69, 9.17) is 9.47 Å². The van der Waals surface area contributed by atoms with Crippen LogP contribution in [0.2, 0.25) is 0 Å². The van der Waals surface area contributed by atoms with Crippen LogP contribution in [0.15, 0.2) is 18.2 Å². The molecule has 132 valence electrons. The molecule has 1 aromatic carbocycles. The Bertz CT molecular complexity index is 713. The van der Waals surface area contributed by atoms with Gasteiger partial charge in [-0.1, -0.05) is 19.3 Å². The van der Waals surface area contributed by atoms with Crippen molar-refractivity contribution in [3.8, 4) is 11.5 Å². The zero-order chi connectivity index (χ0) is 17.2. The molecule has 1 N–H and O–H groups in total. The van der Waals surface area contributed by atoms with Crippen molar-refractivity contribution in [2.75, 3.05) is 23.9 Å². The Morgan fingerprint density at radius 3 is 2.62 bits per heavy atom. The summed E-state index contributed by atoms with van der Waals surface area (Å²) >= 11 is 0. The predicted molar refractivity (Wildman–Crippen MR) is 89.8 cm³/mol. The average Bonchev–Trinajstić information content (AvgIpc) is 3.00. The highest BCUT2D eigenvalue weighted by molar-refractivity contribution is 7.92. The van der Waals surface area contributed by atoms with E-state index in [-0.39, 0.29) is 25.3 Å². The second kappa shape index (κ2) is 6.88. The summed E-state index contributed by atoms with van der Waals surface area (Å²) in [5, 5.41) is 2.94. The van der Waals surface area contributed by atoms with Gasteiger partial charge in [-0.25, -0.2) is 8.42 Å². The lowest BCUT2D eigenvalue weighted by Crippen LogP contribution is -2.44. The smallest absolute Gasteiger partial charge is 0.240 e. The topological polar surface area (TPSA) is 84.9 Å². The molecule has 8 heteroatoms. The normalized spacial score (nSPS) is 17.5. The molecule has 1 fully saturated rings. The summed E-state index contributed by atoms with van der Waals surface area (Å²) in [6, 6.07) is 4.98. The van der Waals surface area contributed by atoms with Gasteiger partial charge in [-0.05, 0) is 25.0 Å². The van der Waals surface area contributed by atoms with Crippen LogP contribution in [0.5, 0.6) is 11.5 Å². The minimum Gasteiger partial charge on any atom is -0.454 e. The van der Waals surface area contributed by atoms with E-state index in [9.17, 15) is 13.2 Å². The Balaban J connectivity index is 1.73. The lowest BCUT2D eigenvalue weighted by atomic mass is 9.95. The number of nitrogens with zero attached hydrogens (tertiary/aromatic N) is 1. The number of sulfonamides is 1. The fourth-order valence-electron chi connectivity index (χ4n) is 3.09. The van der Waals surface area contributed by atoms with Crippen LogP contribution in [0.1, 0.15) is 32.1 Å². The number of hydrogen-bond donors (Lipinski definition) is 1. The Labute approximate surface area is 142 Å². The summed E-state index contributed by atoms with van der Waals surface area (Å²) in [4.78, 5) is 12.3. The van der Waals surface area contributed by atoms with Crippen molar-refractivity contribution in [3.63, 3.8) is 0 Å². The van der Waals surface area contributed by atoms with Gasteiger partial charge in [0.2, 0.25) is 22.7 Å². The maximum atomic E-state index is 12.3. The summed E-state index contributed by atoms with van der Waals surface area (Å²) in [7, 11) is -3.60. The van der Waals surface area contributed by atoms with Crippen LogP contribution in [0.25, 0.3) is 0 Å². The number of amides is 1. The number of carbonyl (C=O) groups is 1. The van der Waals surface area contributed by atoms with E-state index in [1.165, 1.54) is 6.42 Å². The standard InChI is InChI=1S/C16H22N2O5S/c1-24(20,21)18(10-16(19)17-12-5-3-2-4-6-12)13-7-8-14-15(9-13)23-11-22-14/h7-9,12H,2-6,10-11H2,1H3,(H,17,19). The Hall–Kier alpha value is -1.96. The summed E-state index contributed by atoms with van der Waals surface area (Å²) in [5.41, 5.74) is 0.389. The molecular formula is C16H22N2O5S. The number of anilines is 1. The van der Waals surface area contributed by atoms with Gasteiger partial charge in [0.15, 0.2) is 11.5 Å². The number of fused-ring (bicyclic) bond motifs is 1. The van der Waals surface area contributed by atoms with Gasteiger partial charge in [-0.15, -0.1) is 0 Å². The molecule has 1 heterocycles. The predicted octanol–water partition coefficient (Wildman–Crippen LogP) is 1.63. The first kappa shape index (κ1) is 16.9. The van der Waals surface area contributed by atoms with Gasteiger partial charge in [0.1, 0.15) is 6.54 Å². The Kier molecular flexibility index (Phi) is 4.84. The third kappa shape index (κ3) is 3.92. The molecule has 0 atom stereocenters. The zero-order valence-corrected chi connectivity index (χ0v) is 14.5. The molecule has 3 rings (SSSR count). The summed E-state index contributed by atoms with van der Waals surface area (Å²) in [6.07, 6.45) is 6.39. The van der Waals surface area contributed by atoms with E-state index in [0.717, 1.165) is 36.2 Å². The van der Waals surface area contributed by atoms with Crippen molar-refractivity contribution in [2.45, 2.75) is 38.1 Å². The second-order valence-electron chi connectivity index (χ2n) is 6.21. The fraction of sp³-hybridized carbons (Fsp3) is 0.562. The van der Waals surface area contributed by atoms with Crippen molar-refractivity contribution in [3.05, 3.63) is 18.2 Å². The first-order valence-electron chi connectivity index (χ1n) is 8.10. The molecule has 1 aliphatic heterocycles. The maximum absolute atomic E-state index is 12.3. The van der Waals surface area contributed by atoms with Gasteiger partial charge < -0.3 is 14.8 Å². The lowest BCUT2D eigenvalue weighted by molar-refractivity contribution is -0.120. The van der Waals surface area contributed by atoms with Crippen LogP contribution in [-0.2, 0) is 14.8 Å². The van der Waals surface area contributed by atoms with Crippen molar-refractivity contribution >= 4 is 21.6 Å². The van der Waals surface area contributed by atoms with Crippen molar-refractivity contribution in [1.29, 1.82) is 0 Å². The molecule has 7 nitrogen and oxygen atoms in total. The van der Waals surface area contributed by atoms with E-state index >= 15 is 0 Å².